The second kappa shape index (κ2) is 4.82. The summed E-state index contributed by atoms with van der Waals surface area (Å²) in [5, 5.41) is 8.64. The van der Waals surface area contributed by atoms with Gasteiger partial charge in [-0.15, -0.1) is 0 Å². The summed E-state index contributed by atoms with van der Waals surface area (Å²) in [7, 11) is 0. The van der Waals surface area contributed by atoms with Gasteiger partial charge < -0.3 is 9.84 Å². The quantitative estimate of drug-likeness (QED) is 0.526. The van der Waals surface area contributed by atoms with E-state index in [9.17, 15) is 4.79 Å². The minimum Gasteiger partial charge on any atom is -0.449 e. The van der Waals surface area contributed by atoms with E-state index in [1.165, 1.54) is 0 Å². The molecule has 19 heavy (non-hydrogen) atoms. The highest BCUT2D eigenvalue weighted by Crippen LogP contribution is 2.38. The molecule has 0 amide bonds. The molecule has 3 rings (SSSR count). The molecule has 1 aliphatic heterocycles. The van der Waals surface area contributed by atoms with Crippen LogP contribution in [0.5, 0.6) is 5.75 Å². The number of carboxylic acid groups (broad SMARTS) is 1. The first kappa shape index (κ1) is 11.9. The van der Waals surface area contributed by atoms with E-state index < -0.39 is 6.16 Å². The zero-order chi connectivity index (χ0) is 13.2. The molecule has 0 unspecified atom stereocenters. The van der Waals surface area contributed by atoms with Crippen LogP contribution >= 0.6 is 11.8 Å². The first-order valence-electron chi connectivity index (χ1n) is 5.72. The van der Waals surface area contributed by atoms with E-state index in [1.807, 2.05) is 30.3 Å². The zero-order valence-corrected chi connectivity index (χ0v) is 10.7. The average Bonchev–Trinajstić information content (AvgIpc) is 2.56. The molecular weight excluding hydrogens is 260 g/mol. The molecule has 0 spiro atoms. The third-order valence-corrected chi connectivity index (χ3v) is 3.94. The molecule has 0 aliphatic carbocycles. The Labute approximate surface area is 114 Å². The number of fused-ring (bicyclic) bond motifs is 2. The van der Waals surface area contributed by atoms with E-state index in [4.69, 9.17) is 5.11 Å². The van der Waals surface area contributed by atoms with Crippen LogP contribution in [-0.2, 0) is 0 Å². The third-order valence-electron chi connectivity index (χ3n) is 2.77. The van der Waals surface area contributed by atoms with Crippen LogP contribution in [0.15, 0.2) is 52.3 Å². The minimum atomic E-state index is -1.30. The number of benzene rings is 2. The first-order valence-corrected chi connectivity index (χ1v) is 6.54. The number of hydrogen-bond acceptors (Lipinski definition) is 3. The Kier molecular flexibility index (Phi) is 3.01. The van der Waals surface area contributed by atoms with Gasteiger partial charge in [0.2, 0.25) is 0 Å². The zero-order valence-electron chi connectivity index (χ0n) is 9.87. The Hall–Kier alpha value is -2.20. The van der Waals surface area contributed by atoms with Crippen LogP contribution in [0.25, 0.3) is 12.2 Å². The molecule has 0 saturated carbocycles. The first-order chi connectivity index (χ1) is 9.22. The predicted octanol–water partition coefficient (Wildman–Crippen LogP) is 4.38. The van der Waals surface area contributed by atoms with Gasteiger partial charge in [0, 0.05) is 9.79 Å². The van der Waals surface area contributed by atoms with E-state index in [2.05, 4.69) is 16.9 Å². The lowest BCUT2D eigenvalue weighted by atomic mass is 10.1. The van der Waals surface area contributed by atoms with Crippen LogP contribution in [-0.4, -0.2) is 11.3 Å². The molecule has 0 aromatic heterocycles. The van der Waals surface area contributed by atoms with Crippen molar-refractivity contribution in [3.63, 3.8) is 0 Å². The SMILES string of the molecule is O=C(O)Oc1ccc2c(c1)Sc1ccccc1C=C2. The lowest BCUT2D eigenvalue weighted by molar-refractivity contribution is 0.144. The van der Waals surface area contributed by atoms with Gasteiger partial charge in [-0.2, -0.15) is 0 Å². The molecule has 2 aromatic rings. The van der Waals surface area contributed by atoms with Crippen molar-refractivity contribution < 1.29 is 14.6 Å². The Morgan fingerprint density at radius 3 is 2.53 bits per heavy atom. The lowest BCUT2D eigenvalue weighted by Gasteiger charge is -2.07. The standard InChI is InChI=1S/C15H10O3S/c16-15(17)18-12-8-7-11-6-5-10-3-1-2-4-13(10)19-14(11)9-12/h1-9H,(H,16,17). The second-order valence-electron chi connectivity index (χ2n) is 4.04. The van der Waals surface area contributed by atoms with Crippen molar-refractivity contribution in [1.29, 1.82) is 0 Å². The van der Waals surface area contributed by atoms with Gasteiger partial charge in [-0.3, -0.25) is 0 Å². The maximum Gasteiger partial charge on any atom is 0.511 e. The van der Waals surface area contributed by atoms with Crippen molar-refractivity contribution in [3.05, 3.63) is 53.6 Å². The number of ether oxygens (including phenoxy) is 1. The molecule has 1 aliphatic rings. The Morgan fingerprint density at radius 1 is 1.00 bits per heavy atom. The Bertz CT molecular complexity index is 677. The number of hydrogen-bond donors (Lipinski definition) is 1. The largest absolute Gasteiger partial charge is 0.511 e. The van der Waals surface area contributed by atoms with Crippen molar-refractivity contribution >= 4 is 30.1 Å². The van der Waals surface area contributed by atoms with Crippen molar-refractivity contribution in [2.75, 3.05) is 0 Å². The fourth-order valence-corrected chi connectivity index (χ4v) is 2.98. The van der Waals surface area contributed by atoms with Crippen LogP contribution in [0.2, 0.25) is 0 Å². The topological polar surface area (TPSA) is 46.5 Å². The summed E-state index contributed by atoms with van der Waals surface area (Å²) in [5.41, 5.74) is 2.21. The van der Waals surface area contributed by atoms with Crippen molar-refractivity contribution in [2.24, 2.45) is 0 Å². The summed E-state index contributed by atoms with van der Waals surface area (Å²) >= 11 is 1.61. The highest BCUT2D eigenvalue weighted by Gasteiger charge is 2.11. The molecule has 3 nitrogen and oxygen atoms in total. The number of rotatable bonds is 1. The summed E-state index contributed by atoms with van der Waals surface area (Å²) in [5.74, 6) is 0.339. The summed E-state index contributed by atoms with van der Waals surface area (Å²) < 4.78 is 4.69. The molecule has 0 radical (unpaired) electrons. The maximum absolute atomic E-state index is 10.6. The van der Waals surface area contributed by atoms with E-state index in [0.29, 0.717) is 5.75 Å². The molecule has 0 atom stereocenters. The minimum absolute atomic E-state index is 0.339. The summed E-state index contributed by atoms with van der Waals surface area (Å²) in [4.78, 5) is 12.7. The Balaban J connectivity index is 2.02. The van der Waals surface area contributed by atoms with Gasteiger partial charge in [0.25, 0.3) is 0 Å². The monoisotopic (exact) mass is 270 g/mol. The summed E-state index contributed by atoms with van der Waals surface area (Å²) in [6.07, 6.45) is 2.79. The highest BCUT2D eigenvalue weighted by molar-refractivity contribution is 7.99. The molecule has 94 valence electrons. The summed E-state index contributed by atoms with van der Waals surface area (Å²) in [6.45, 7) is 0. The van der Waals surface area contributed by atoms with Crippen molar-refractivity contribution in [3.8, 4) is 5.75 Å². The van der Waals surface area contributed by atoms with Crippen LogP contribution in [0.3, 0.4) is 0 Å². The molecule has 2 aromatic carbocycles. The normalized spacial score (nSPS) is 12.2. The van der Waals surface area contributed by atoms with Gasteiger partial charge in [-0.05, 0) is 29.3 Å². The van der Waals surface area contributed by atoms with E-state index in [0.717, 1.165) is 20.9 Å². The van der Waals surface area contributed by atoms with E-state index in [1.54, 1.807) is 23.9 Å². The van der Waals surface area contributed by atoms with Gasteiger partial charge in [0.1, 0.15) is 5.75 Å². The van der Waals surface area contributed by atoms with Gasteiger partial charge >= 0.3 is 6.16 Å². The highest BCUT2D eigenvalue weighted by atomic mass is 32.2. The van der Waals surface area contributed by atoms with Gasteiger partial charge in [-0.1, -0.05) is 48.2 Å². The van der Waals surface area contributed by atoms with Gasteiger partial charge in [0.15, 0.2) is 0 Å². The molecule has 1 heterocycles. The fraction of sp³-hybridized carbons (Fsp3) is 0. The third kappa shape index (κ3) is 2.48. The molecule has 0 fully saturated rings. The summed E-state index contributed by atoms with van der Waals surface area (Å²) in [6, 6.07) is 13.4. The molecular formula is C15H10O3S. The molecule has 0 saturated heterocycles. The van der Waals surface area contributed by atoms with E-state index in [-0.39, 0.29) is 0 Å². The second-order valence-corrected chi connectivity index (χ2v) is 5.12. The van der Waals surface area contributed by atoms with Crippen LogP contribution in [0.1, 0.15) is 11.1 Å². The lowest BCUT2D eigenvalue weighted by Crippen LogP contribution is -2.02. The molecule has 0 bridgehead atoms. The van der Waals surface area contributed by atoms with Crippen LogP contribution in [0, 0.1) is 0 Å². The van der Waals surface area contributed by atoms with Gasteiger partial charge in [-0.25, -0.2) is 4.79 Å². The van der Waals surface area contributed by atoms with Crippen molar-refractivity contribution in [2.45, 2.75) is 9.79 Å². The average molecular weight is 270 g/mol. The fourth-order valence-electron chi connectivity index (χ4n) is 1.91. The number of carbonyl (C=O) groups is 1. The molecule has 4 heteroatoms. The predicted molar refractivity (Wildman–Crippen MR) is 74.6 cm³/mol. The van der Waals surface area contributed by atoms with Crippen LogP contribution < -0.4 is 4.74 Å². The smallest absolute Gasteiger partial charge is 0.449 e. The Morgan fingerprint density at radius 2 is 1.74 bits per heavy atom. The maximum atomic E-state index is 10.6. The van der Waals surface area contributed by atoms with Crippen molar-refractivity contribution in [1.82, 2.24) is 0 Å². The van der Waals surface area contributed by atoms with Gasteiger partial charge in [0.05, 0.1) is 0 Å². The molecule has 1 N–H and O–H groups in total. The van der Waals surface area contributed by atoms with Crippen LogP contribution in [0.4, 0.5) is 4.79 Å². The van der Waals surface area contributed by atoms with E-state index >= 15 is 0 Å².